The van der Waals surface area contributed by atoms with Gasteiger partial charge in [0.05, 0.1) is 24.6 Å². The molecule has 1 amide bonds. The Kier molecular flexibility index (Phi) is 6.74. The van der Waals surface area contributed by atoms with Crippen molar-refractivity contribution in [1.29, 1.82) is 0 Å². The van der Waals surface area contributed by atoms with Crippen LogP contribution in [0.25, 0.3) is 5.69 Å². The van der Waals surface area contributed by atoms with E-state index in [2.05, 4.69) is 10.5 Å². The van der Waals surface area contributed by atoms with Crippen molar-refractivity contribution in [2.75, 3.05) is 7.11 Å². The van der Waals surface area contributed by atoms with Crippen LogP contribution in [-0.2, 0) is 10.1 Å². The topological polar surface area (TPSA) is 99.0 Å². The second kappa shape index (κ2) is 10.1. The van der Waals surface area contributed by atoms with Gasteiger partial charge in [0.25, 0.3) is 5.91 Å². The maximum absolute atomic E-state index is 12.8. The smallest absolute Gasteiger partial charge is 0.339 e. The molecule has 8 nitrogen and oxygen atoms in total. The highest BCUT2D eigenvalue weighted by Gasteiger charge is 2.21. The normalized spacial score (nSPS) is 11.3. The zero-order valence-corrected chi connectivity index (χ0v) is 19.0. The molecule has 0 aliphatic rings. The minimum Gasteiger partial charge on any atom is -0.493 e. The number of hydrogen-bond acceptors (Lipinski definition) is 6. The van der Waals surface area contributed by atoms with Crippen molar-refractivity contribution >= 4 is 22.2 Å². The molecule has 1 heterocycles. The summed E-state index contributed by atoms with van der Waals surface area (Å²) in [6.45, 7) is 0. The average Bonchev–Trinajstić information content (AvgIpc) is 3.40. The largest absolute Gasteiger partial charge is 0.493 e. The van der Waals surface area contributed by atoms with Crippen LogP contribution in [0.1, 0.15) is 15.9 Å². The molecule has 0 atom stereocenters. The molecule has 0 spiro atoms. The first-order valence-electron chi connectivity index (χ1n) is 10.2. The molecule has 9 heteroatoms. The lowest BCUT2D eigenvalue weighted by molar-refractivity contribution is 0.0955. The lowest BCUT2D eigenvalue weighted by atomic mass is 10.1. The van der Waals surface area contributed by atoms with Crippen LogP contribution in [0.5, 0.6) is 11.5 Å². The number of nitrogens with zero attached hydrogens (tertiary/aromatic N) is 2. The molecule has 0 fully saturated rings. The number of hydrazone groups is 1. The first-order chi connectivity index (χ1) is 16.5. The number of carbonyl (C=O) groups excluding carboxylic acids is 1. The number of carbonyl (C=O) groups is 1. The number of para-hydroxylation sites is 2. The molecule has 1 N–H and O–H groups in total. The Labute approximate surface area is 197 Å². The van der Waals surface area contributed by atoms with Gasteiger partial charge in [-0.25, -0.2) is 5.43 Å². The molecule has 34 heavy (non-hydrogen) atoms. The quantitative estimate of drug-likeness (QED) is 0.236. The first kappa shape index (κ1) is 22.8. The lowest BCUT2D eigenvalue weighted by Crippen LogP contribution is -2.19. The van der Waals surface area contributed by atoms with E-state index in [1.807, 2.05) is 41.2 Å². The summed E-state index contributed by atoms with van der Waals surface area (Å²) in [5.41, 5.74) is 3.90. The van der Waals surface area contributed by atoms with Gasteiger partial charge in [0.2, 0.25) is 0 Å². The minimum atomic E-state index is -4.12. The van der Waals surface area contributed by atoms with Crippen LogP contribution in [-0.4, -0.2) is 32.2 Å². The zero-order chi connectivity index (χ0) is 24.0. The second-order valence-corrected chi connectivity index (χ2v) is 8.58. The van der Waals surface area contributed by atoms with Gasteiger partial charge in [-0.2, -0.15) is 13.5 Å². The fourth-order valence-corrected chi connectivity index (χ4v) is 4.22. The Hall–Kier alpha value is -4.37. The van der Waals surface area contributed by atoms with E-state index in [9.17, 15) is 13.2 Å². The van der Waals surface area contributed by atoms with Crippen molar-refractivity contribution < 1.29 is 22.1 Å². The summed E-state index contributed by atoms with van der Waals surface area (Å²) in [4.78, 5) is 12.8. The highest BCUT2D eigenvalue weighted by atomic mass is 32.2. The summed E-state index contributed by atoms with van der Waals surface area (Å²) < 4.78 is 38.0. The Balaban J connectivity index is 1.58. The molecule has 0 aliphatic heterocycles. The average molecular weight is 476 g/mol. The SMILES string of the molecule is COc1cccc(/C=N\NC(=O)c2ccccc2-n2cccc2)c1OS(=O)(=O)c1ccccc1. The summed E-state index contributed by atoms with van der Waals surface area (Å²) in [7, 11) is -2.71. The lowest BCUT2D eigenvalue weighted by Gasteiger charge is -2.13. The molecule has 172 valence electrons. The standard InChI is InChI=1S/C25H21N3O5S/c1-32-23-15-9-10-19(24(23)33-34(30,31)20-11-3-2-4-12-20)18-26-27-25(29)21-13-5-6-14-22(21)28-16-7-8-17-28/h2-18H,1H3,(H,27,29)/b26-18-. The Morgan fingerprint density at radius 1 is 0.912 bits per heavy atom. The fourth-order valence-electron chi connectivity index (χ4n) is 3.24. The Morgan fingerprint density at radius 3 is 2.35 bits per heavy atom. The van der Waals surface area contributed by atoms with Crippen LogP contribution in [0, 0.1) is 0 Å². The van der Waals surface area contributed by atoms with Crippen LogP contribution >= 0.6 is 0 Å². The third kappa shape index (κ3) is 5.00. The van der Waals surface area contributed by atoms with E-state index in [0.29, 0.717) is 16.8 Å². The van der Waals surface area contributed by atoms with Crippen molar-refractivity contribution in [1.82, 2.24) is 9.99 Å². The van der Waals surface area contributed by atoms with Crippen LogP contribution < -0.4 is 14.3 Å². The number of amides is 1. The Morgan fingerprint density at radius 2 is 1.62 bits per heavy atom. The molecule has 0 bridgehead atoms. The predicted molar refractivity (Wildman–Crippen MR) is 128 cm³/mol. The number of rotatable bonds is 8. The van der Waals surface area contributed by atoms with Crippen molar-refractivity contribution in [2.24, 2.45) is 5.10 Å². The summed E-state index contributed by atoms with van der Waals surface area (Å²) in [6, 6.07) is 23.4. The molecule has 0 saturated carbocycles. The maximum atomic E-state index is 12.8. The Bertz CT molecular complexity index is 1420. The zero-order valence-electron chi connectivity index (χ0n) is 18.2. The van der Waals surface area contributed by atoms with E-state index in [0.717, 1.165) is 0 Å². The van der Waals surface area contributed by atoms with Gasteiger partial charge in [-0.1, -0.05) is 36.4 Å². The van der Waals surface area contributed by atoms with Gasteiger partial charge in [0.1, 0.15) is 4.90 Å². The predicted octanol–water partition coefficient (Wildman–Crippen LogP) is 4.02. The van der Waals surface area contributed by atoms with Gasteiger partial charge in [-0.15, -0.1) is 0 Å². The van der Waals surface area contributed by atoms with Crippen molar-refractivity contribution in [2.45, 2.75) is 4.90 Å². The fraction of sp³-hybridized carbons (Fsp3) is 0.0400. The van der Waals surface area contributed by atoms with Gasteiger partial charge in [0, 0.05) is 18.0 Å². The number of methoxy groups -OCH3 is 1. The maximum Gasteiger partial charge on any atom is 0.339 e. The summed E-state index contributed by atoms with van der Waals surface area (Å²) in [5.74, 6) is -0.268. The molecule has 1 aromatic heterocycles. The van der Waals surface area contributed by atoms with Crippen LogP contribution in [0.3, 0.4) is 0 Å². The van der Waals surface area contributed by atoms with Gasteiger partial charge >= 0.3 is 10.1 Å². The minimum absolute atomic E-state index is 0.00119. The van der Waals surface area contributed by atoms with E-state index in [4.69, 9.17) is 8.92 Å². The van der Waals surface area contributed by atoms with E-state index < -0.39 is 16.0 Å². The summed E-state index contributed by atoms with van der Waals surface area (Å²) >= 11 is 0. The van der Waals surface area contributed by atoms with Gasteiger partial charge in [0.15, 0.2) is 11.5 Å². The molecular formula is C25H21N3O5S. The first-order valence-corrected chi connectivity index (χ1v) is 11.6. The molecular weight excluding hydrogens is 454 g/mol. The van der Waals surface area contributed by atoms with Crippen LogP contribution in [0.15, 0.2) is 107 Å². The van der Waals surface area contributed by atoms with Crippen molar-refractivity contribution in [3.8, 4) is 17.2 Å². The van der Waals surface area contributed by atoms with Crippen LogP contribution in [0.2, 0.25) is 0 Å². The highest BCUT2D eigenvalue weighted by molar-refractivity contribution is 7.87. The number of hydrogen-bond donors (Lipinski definition) is 1. The molecule has 3 aromatic carbocycles. The number of nitrogens with one attached hydrogen (secondary N) is 1. The molecule has 4 aromatic rings. The van der Waals surface area contributed by atoms with E-state index in [1.165, 1.54) is 25.5 Å². The molecule has 0 aliphatic carbocycles. The summed E-state index contributed by atoms with van der Waals surface area (Å²) in [6.07, 6.45) is 4.97. The van der Waals surface area contributed by atoms with Crippen molar-refractivity contribution in [3.63, 3.8) is 0 Å². The van der Waals surface area contributed by atoms with Crippen LogP contribution in [0.4, 0.5) is 0 Å². The van der Waals surface area contributed by atoms with Gasteiger partial charge in [-0.05, 0) is 48.5 Å². The second-order valence-electron chi connectivity index (χ2n) is 7.04. The third-order valence-electron chi connectivity index (χ3n) is 4.86. The van der Waals surface area contributed by atoms with Crippen molar-refractivity contribution in [3.05, 3.63) is 108 Å². The van der Waals surface area contributed by atoms with E-state index in [-0.39, 0.29) is 16.4 Å². The molecule has 0 saturated heterocycles. The molecule has 0 radical (unpaired) electrons. The van der Waals surface area contributed by atoms with Gasteiger partial charge < -0.3 is 13.5 Å². The monoisotopic (exact) mass is 475 g/mol. The number of aromatic nitrogens is 1. The van der Waals surface area contributed by atoms with E-state index in [1.54, 1.807) is 48.5 Å². The van der Waals surface area contributed by atoms with Gasteiger partial charge in [-0.3, -0.25) is 4.79 Å². The van der Waals surface area contributed by atoms with E-state index >= 15 is 0 Å². The molecule has 0 unspecified atom stereocenters. The molecule has 4 rings (SSSR count). The summed E-state index contributed by atoms with van der Waals surface area (Å²) in [5, 5.41) is 4.01. The number of benzene rings is 3. The highest BCUT2D eigenvalue weighted by Crippen LogP contribution is 2.32. The third-order valence-corrected chi connectivity index (χ3v) is 6.09. The number of ether oxygens (including phenoxy) is 1.